The van der Waals surface area contributed by atoms with Gasteiger partial charge in [0.1, 0.15) is 0 Å². The van der Waals surface area contributed by atoms with Crippen LogP contribution in [-0.4, -0.2) is 0 Å². The zero-order valence-corrected chi connectivity index (χ0v) is 23.6. The molecule has 0 heterocycles. The maximum Gasteiger partial charge on any atom is 0.0540 e. The molecule has 1 nitrogen and oxygen atoms in total. The fourth-order valence-electron chi connectivity index (χ4n) is 5.91. The third-order valence-corrected chi connectivity index (χ3v) is 8.04. The van der Waals surface area contributed by atoms with Gasteiger partial charge in [-0.15, -0.1) is 0 Å². The molecule has 0 radical (unpaired) electrons. The van der Waals surface area contributed by atoms with Gasteiger partial charge >= 0.3 is 0 Å². The van der Waals surface area contributed by atoms with Crippen LogP contribution in [0.4, 0.5) is 17.1 Å². The Kier molecular flexibility index (Phi) is 6.84. The summed E-state index contributed by atoms with van der Waals surface area (Å²) in [6, 6.07) is 60.9. The quantitative estimate of drug-likeness (QED) is 0.204. The molecule has 200 valence electrons. The van der Waals surface area contributed by atoms with Crippen molar-refractivity contribution < 1.29 is 0 Å². The van der Waals surface area contributed by atoms with Gasteiger partial charge in [0.15, 0.2) is 0 Å². The van der Waals surface area contributed by atoms with Gasteiger partial charge in [-0.2, -0.15) is 0 Å². The molecule has 0 saturated carbocycles. The lowest BCUT2D eigenvalue weighted by molar-refractivity contribution is 1.28. The Morgan fingerprint density at radius 2 is 0.857 bits per heavy atom. The third-order valence-electron chi connectivity index (χ3n) is 8.04. The Morgan fingerprint density at radius 3 is 1.62 bits per heavy atom. The molecule has 7 rings (SSSR count). The topological polar surface area (TPSA) is 3.24 Å². The maximum atomic E-state index is 2.36. The van der Waals surface area contributed by atoms with Crippen LogP contribution in [0.3, 0.4) is 0 Å². The normalized spacial score (nSPS) is 11.0. The molecule has 0 aromatic heterocycles. The monoisotopic (exact) mass is 537 g/mol. The minimum Gasteiger partial charge on any atom is -0.310 e. The number of para-hydroxylation sites is 2. The van der Waals surface area contributed by atoms with Crippen LogP contribution in [0, 0.1) is 6.92 Å². The number of anilines is 3. The summed E-state index contributed by atoms with van der Waals surface area (Å²) in [5.74, 6) is 0. The Bertz CT molecular complexity index is 1960. The summed E-state index contributed by atoms with van der Waals surface area (Å²) in [4.78, 5) is 2.36. The Balaban J connectivity index is 1.31. The highest BCUT2D eigenvalue weighted by atomic mass is 15.1. The van der Waals surface area contributed by atoms with Gasteiger partial charge in [-0.05, 0) is 81.4 Å². The average molecular weight is 538 g/mol. The van der Waals surface area contributed by atoms with E-state index in [9.17, 15) is 0 Å². The van der Waals surface area contributed by atoms with Crippen LogP contribution in [-0.2, 0) is 0 Å². The van der Waals surface area contributed by atoms with Crippen molar-refractivity contribution in [2.45, 2.75) is 6.92 Å². The molecular formula is C41H31N. The van der Waals surface area contributed by atoms with E-state index in [1.165, 1.54) is 49.7 Å². The molecule has 0 bridgehead atoms. The van der Waals surface area contributed by atoms with Crippen molar-refractivity contribution in [1.82, 2.24) is 0 Å². The van der Waals surface area contributed by atoms with Crippen molar-refractivity contribution in [1.29, 1.82) is 0 Å². The van der Waals surface area contributed by atoms with E-state index >= 15 is 0 Å². The highest BCUT2D eigenvalue weighted by molar-refractivity contribution is 5.97. The Labute approximate surface area is 248 Å². The van der Waals surface area contributed by atoms with Gasteiger partial charge in [-0.25, -0.2) is 0 Å². The van der Waals surface area contributed by atoms with Crippen LogP contribution in [0.5, 0.6) is 0 Å². The standard InChI is InChI=1S/C41H31N/c1-30-12-5-7-17-37(30)32-22-24-34(25-23-32)40-19-9-10-21-41(40)42(35-15-3-2-4-16-35)36-28-26-33(27-29-36)39-20-11-14-31-13-6-8-18-38(31)39/h2-29H,1H3. The molecule has 0 aliphatic heterocycles. The van der Waals surface area contributed by atoms with Gasteiger partial charge in [0.2, 0.25) is 0 Å². The predicted molar refractivity (Wildman–Crippen MR) is 180 cm³/mol. The predicted octanol–water partition coefficient (Wildman–Crippen LogP) is 11.6. The minimum atomic E-state index is 1.12. The van der Waals surface area contributed by atoms with Gasteiger partial charge in [0.05, 0.1) is 5.69 Å². The maximum absolute atomic E-state index is 2.36. The van der Waals surface area contributed by atoms with Crippen molar-refractivity contribution >= 4 is 27.8 Å². The first-order chi connectivity index (χ1) is 20.8. The molecule has 1 heteroatoms. The summed E-state index contributed by atoms with van der Waals surface area (Å²) in [5.41, 5.74) is 12.0. The van der Waals surface area contributed by atoms with Crippen LogP contribution < -0.4 is 4.90 Å². The number of fused-ring (bicyclic) bond motifs is 1. The third kappa shape index (κ3) is 4.87. The van der Waals surface area contributed by atoms with Crippen molar-refractivity contribution in [3.63, 3.8) is 0 Å². The summed E-state index contributed by atoms with van der Waals surface area (Å²) in [7, 11) is 0. The first kappa shape index (κ1) is 25.6. The lowest BCUT2D eigenvalue weighted by atomic mass is 9.96. The zero-order chi connectivity index (χ0) is 28.3. The highest BCUT2D eigenvalue weighted by Crippen LogP contribution is 2.42. The molecular weight excluding hydrogens is 506 g/mol. The molecule has 0 amide bonds. The van der Waals surface area contributed by atoms with Gasteiger partial charge < -0.3 is 4.90 Å². The van der Waals surface area contributed by atoms with Crippen LogP contribution >= 0.6 is 0 Å². The van der Waals surface area contributed by atoms with E-state index in [4.69, 9.17) is 0 Å². The second-order valence-electron chi connectivity index (χ2n) is 10.7. The van der Waals surface area contributed by atoms with Gasteiger partial charge in [0.25, 0.3) is 0 Å². The summed E-state index contributed by atoms with van der Waals surface area (Å²) < 4.78 is 0. The Morgan fingerprint density at radius 1 is 0.357 bits per heavy atom. The van der Waals surface area contributed by atoms with Crippen LogP contribution in [0.1, 0.15) is 5.56 Å². The second kappa shape index (κ2) is 11.2. The number of aryl methyl sites for hydroxylation is 1. The van der Waals surface area contributed by atoms with Crippen LogP contribution in [0.25, 0.3) is 44.2 Å². The van der Waals surface area contributed by atoms with Gasteiger partial charge in [-0.1, -0.05) is 140 Å². The number of nitrogens with zero attached hydrogens (tertiary/aromatic N) is 1. The molecule has 0 unspecified atom stereocenters. The average Bonchev–Trinajstić information content (AvgIpc) is 3.06. The molecule has 0 saturated heterocycles. The number of hydrogen-bond donors (Lipinski definition) is 0. The molecule has 0 spiro atoms. The lowest BCUT2D eigenvalue weighted by Gasteiger charge is -2.28. The second-order valence-corrected chi connectivity index (χ2v) is 10.7. The first-order valence-corrected chi connectivity index (χ1v) is 14.5. The summed E-state index contributed by atoms with van der Waals surface area (Å²) in [5, 5.41) is 2.53. The van der Waals surface area contributed by atoms with E-state index in [0.29, 0.717) is 0 Å². The van der Waals surface area contributed by atoms with Crippen molar-refractivity contribution in [2.75, 3.05) is 4.90 Å². The molecule has 0 aliphatic carbocycles. The SMILES string of the molecule is Cc1ccccc1-c1ccc(-c2ccccc2N(c2ccccc2)c2ccc(-c3cccc4ccccc34)cc2)cc1. The van der Waals surface area contributed by atoms with E-state index in [1.54, 1.807) is 0 Å². The summed E-state index contributed by atoms with van der Waals surface area (Å²) >= 11 is 0. The minimum absolute atomic E-state index is 1.12. The zero-order valence-electron chi connectivity index (χ0n) is 23.6. The molecule has 42 heavy (non-hydrogen) atoms. The van der Waals surface area contributed by atoms with E-state index in [-0.39, 0.29) is 0 Å². The highest BCUT2D eigenvalue weighted by Gasteiger charge is 2.17. The first-order valence-electron chi connectivity index (χ1n) is 14.5. The molecule has 7 aromatic carbocycles. The molecule has 7 aromatic rings. The van der Waals surface area contributed by atoms with Crippen LogP contribution in [0.2, 0.25) is 0 Å². The Hall–Kier alpha value is -5.40. The number of hydrogen-bond acceptors (Lipinski definition) is 1. The largest absolute Gasteiger partial charge is 0.310 e. The van der Waals surface area contributed by atoms with Gasteiger partial charge in [-0.3, -0.25) is 0 Å². The molecule has 0 atom stereocenters. The van der Waals surface area contributed by atoms with Gasteiger partial charge in [0, 0.05) is 16.9 Å². The molecule has 0 fully saturated rings. The van der Waals surface area contributed by atoms with E-state index in [2.05, 4.69) is 182 Å². The molecule has 0 N–H and O–H groups in total. The summed E-state index contributed by atoms with van der Waals surface area (Å²) in [6.45, 7) is 2.17. The number of rotatable bonds is 6. The van der Waals surface area contributed by atoms with Crippen LogP contribution in [0.15, 0.2) is 170 Å². The smallest absolute Gasteiger partial charge is 0.0540 e. The van der Waals surface area contributed by atoms with Crippen molar-refractivity contribution in [3.05, 3.63) is 175 Å². The van der Waals surface area contributed by atoms with Crippen molar-refractivity contribution in [3.8, 4) is 33.4 Å². The fraction of sp³-hybridized carbons (Fsp3) is 0.0244. The van der Waals surface area contributed by atoms with E-state index in [0.717, 1.165) is 17.1 Å². The van der Waals surface area contributed by atoms with E-state index in [1.807, 2.05) is 0 Å². The number of benzene rings is 7. The van der Waals surface area contributed by atoms with Crippen molar-refractivity contribution in [2.24, 2.45) is 0 Å². The lowest BCUT2D eigenvalue weighted by Crippen LogP contribution is -2.11. The van der Waals surface area contributed by atoms with E-state index < -0.39 is 0 Å². The molecule has 0 aliphatic rings. The summed E-state index contributed by atoms with van der Waals surface area (Å²) in [6.07, 6.45) is 0. The fourth-order valence-corrected chi connectivity index (χ4v) is 5.91.